The van der Waals surface area contributed by atoms with E-state index in [-0.39, 0.29) is 5.75 Å². The van der Waals surface area contributed by atoms with E-state index >= 15 is 0 Å². The second-order valence-corrected chi connectivity index (χ2v) is 5.35. The van der Waals surface area contributed by atoms with Gasteiger partial charge < -0.3 is 10.5 Å². The lowest BCUT2D eigenvalue weighted by atomic mass is 9.88. The van der Waals surface area contributed by atoms with Crippen molar-refractivity contribution in [2.75, 3.05) is 0 Å². The van der Waals surface area contributed by atoms with Crippen LogP contribution in [0.4, 0.5) is 13.2 Å². The van der Waals surface area contributed by atoms with Gasteiger partial charge in [-0.2, -0.15) is 0 Å². The minimum Gasteiger partial charge on any atom is -0.406 e. The van der Waals surface area contributed by atoms with E-state index in [0.29, 0.717) is 18.4 Å². The monoisotopic (exact) mass is 293 g/mol. The van der Waals surface area contributed by atoms with Crippen LogP contribution in [0.3, 0.4) is 0 Å². The predicted molar refractivity (Wildman–Crippen MR) is 72.8 cm³/mol. The molecule has 2 nitrogen and oxygen atoms in total. The Morgan fingerprint density at radius 3 is 2.14 bits per heavy atom. The van der Waals surface area contributed by atoms with Crippen LogP contribution in [0, 0.1) is 0 Å². The maximum Gasteiger partial charge on any atom is 0.573 e. The topological polar surface area (TPSA) is 35.2 Å². The Labute approximate surface area is 120 Å². The van der Waals surface area contributed by atoms with Crippen molar-refractivity contribution in [3.8, 4) is 5.75 Å². The Kier molecular flexibility index (Phi) is 3.17. The molecule has 0 atom stereocenters. The van der Waals surface area contributed by atoms with Gasteiger partial charge in [0.25, 0.3) is 0 Å². The molecule has 2 aromatic rings. The van der Waals surface area contributed by atoms with Gasteiger partial charge >= 0.3 is 6.36 Å². The smallest absolute Gasteiger partial charge is 0.406 e. The molecular weight excluding hydrogens is 279 g/mol. The average molecular weight is 293 g/mol. The highest BCUT2D eigenvalue weighted by molar-refractivity contribution is 5.43. The van der Waals surface area contributed by atoms with Gasteiger partial charge in [0, 0.05) is 5.54 Å². The average Bonchev–Trinajstić information content (AvgIpc) is 2.74. The van der Waals surface area contributed by atoms with Crippen LogP contribution < -0.4 is 10.5 Å². The van der Waals surface area contributed by atoms with Crippen molar-refractivity contribution in [3.63, 3.8) is 0 Å². The Bertz CT molecular complexity index is 642. The van der Waals surface area contributed by atoms with Crippen LogP contribution in [0.1, 0.15) is 16.7 Å². The summed E-state index contributed by atoms with van der Waals surface area (Å²) in [5.41, 5.74) is 8.68. The first-order chi connectivity index (χ1) is 9.86. The van der Waals surface area contributed by atoms with Crippen LogP contribution >= 0.6 is 0 Å². The molecule has 0 aromatic heterocycles. The van der Waals surface area contributed by atoms with E-state index in [4.69, 9.17) is 5.73 Å². The molecule has 3 rings (SSSR count). The maximum atomic E-state index is 12.3. The zero-order chi connectivity index (χ0) is 15.1. The summed E-state index contributed by atoms with van der Waals surface area (Å²) in [4.78, 5) is 0. The first kappa shape index (κ1) is 13.9. The molecule has 0 spiro atoms. The van der Waals surface area contributed by atoms with E-state index in [1.54, 1.807) is 6.07 Å². The van der Waals surface area contributed by atoms with Crippen molar-refractivity contribution < 1.29 is 17.9 Å². The van der Waals surface area contributed by atoms with Gasteiger partial charge in [0.2, 0.25) is 0 Å². The molecule has 0 heterocycles. The molecule has 1 aliphatic carbocycles. The molecule has 0 fully saturated rings. The summed E-state index contributed by atoms with van der Waals surface area (Å²) in [6.07, 6.45) is -3.48. The fourth-order valence-electron chi connectivity index (χ4n) is 2.85. The molecule has 2 aromatic carbocycles. The molecular formula is C16H14F3NO. The quantitative estimate of drug-likeness (QED) is 0.919. The molecule has 0 bridgehead atoms. The van der Waals surface area contributed by atoms with Crippen molar-refractivity contribution in [1.29, 1.82) is 0 Å². The summed E-state index contributed by atoms with van der Waals surface area (Å²) in [5, 5.41) is 0. The first-order valence-corrected chi connectivity index (χ1v) is 6.58. The third kappa shape index (κ3) is 2.88. The fraction of sp³-hybridized carbons (Fsp3) is 0.250. The summed E-state index contributed by atoms with van der Waals surface area (Å²) in [5.74, 6) is -0.235. The molecule has 0 radical (unpaired) electrons. The van der Waals surface area contributed by atoms with Gasteiger partial charge in [0.1, 0.15) is 5.75 Å². The zero-order valence-electron chi connectivity index (χ0n) is 11.2. The van der Waals surface area contributed by atoms with E-state index in [9.17, 15) is 13.2 Å². The number of alkyl halides is 3. The van der Waals surface area contributed by atoms with Gasteiger partial charge in [0.05, 0.1) is 0 Å². The highest BCUT2D eigenvalue weighted by Crippen LogP contribution is 2.37. The second-order valence-electron chi connectivity index (χ2n) is 5.35. The summed E-state index contributed by atoms with van der Waals surface area (Å²) >= 11 is 0. The van der Waals surface area contributed by atoms with Crippen LogP contribution in [0.5, 0.6) is 5.75 Å². The highest BCUT2D eigenvalue weighted by Gasteiger charge is 2.36. The van der Waals surface area contributed by atoms with E-state index in [2.05, 4.69) is 4.74 Å². The number of benzene rings is 2. The van der Waals surface area contributed by atoms with Gasteiger partial charge in [-0.1, -0.05) is 36.4 Å². The van der Waals surface area contributed by atoms with Crippen LogP contribution in [-0.2, 0) is 18.4 Å². The summed E-state index contributed by atoms with van der Waals surface area (Å²) in [7, 11) is 0. The van der Waals surface area contributed by atoms with Crippen molar-refractivity contribution >= 4 is 0 Å². The SMILES string of the molecule is NC1(c2cccc(OC(F)(F)F)c2)Cc2ccccc2C1. The lowest BCUT2D eigenvalue weighted by Gasteiger charge is -2.25. The summed E-state index contributed by atoms with van der Waals surface area (Å²) in [6.45, 7) is 0. The number of nitrogens with two attached hydrogens (primary N) is 1. The fourth-order valence-corrected chi connectivity index (χ4v) is 2.85. The molecule has 0 unspecified atom stereocenters. The van der Waals surface area contributed by atoms with E-state index in [1.807, 2.05) is 24.3 Å². The van der Waals surface area contributed by atoms with Gasteiger partial charge in [0.15, 0.2) is 0 Å². The van der Waals surface area contributed by atoms with Gasteiger partial charge in [-0.15, -0.1) is 13.2 Å². The van der Waals surface area contributed by atoms with Crippen LogP contribution in [-0.4, -0.2) is 6.36 Å². The van der Waals surface area contributed by atoms with Crippen molar-refractivity contribution in [1.82, 2.24) is 0 Å². The standard InChI is InChI=1S/C16H14F3NO/c17-16(18,19)21-14-7-3-6-13(8-14)15(20)9-11-4-1-2-5-12(11)10-15/h1-8H,9-10,20H2. The van der Waals surface area contributed by atoms with E-state index in [0.717, 1.165) is 11.1 Å². The summed E-state index contributed by atoms with van der Waals surface area (Å²) < 4.78 is 40.9. The minimum atomic E-state index is -4.70. The Hall–Kier alpha value is -2.01. The molecule has 2 N–H and O–H groups in total. The van der Waals surface area contributed by atoms with E-state index in [1.165, 1.54) is 18.2 Å². The number of halogens is 3. The lowest BCUT2D eigenvalue weighted by molar-refractivity contribution is -0.274. The molecule has 0 amide bonds. The van der Waals surface area contributed by atoms with Gasteiger partial charge in [-0.05, 0) is 41.7 Å². The highest BCUT2D eigenvalue weighted by atomic mass is 19.4. The van der Waals surface area contributed by atoms with Crippen molar-refractivity contribution in [2.45, 2.75) is 24.7 Å². The third-order valence-corrected chi connectivity index (χ3v) is 3.77. The number of hydrogen-bond donors (Lipinski definition) is 1. The second kappa shape index (κ2) is 4.77. The van der Waals surface area contributed by atoms with Crippen LogP contribution in [0.25, 0.3) is 0 Å². The van der Waals surface area contributed by atoms with Crippen LogP contribution in [0.15, 0.2) is 48.5 Å². The normalized spacial score (nSPS) is 16.6. The predicted octanol–water partition coefficient (Wildman–Crippen LogP) is 3.54. The molecule has 0 saturated carbocycles. The number of hydrogen-bond acceptors (Lipinski definition) is 2. The lowest BCUT2D eigenvalue weighted by Crippen LogP contribution is -2.37. The first-order valence-electron chi connectivity index (χ1n) is 6.58. The van der Waals surface area contributed by atoms with E-state index < -0.39 is 11.9 Å². The summed E-state index contributed by atoms with van der Waals surface area (Å²) in [6, 6.07) is 13.8. The Morgan fingerprint density at radius 2 is 1.57 bits per heavy atom. The molecule has 1 aliphatic rings. The number of ether oxygens (including phenoxy) is 1. The van der Waals surface area contributed by atoms with Gasteiger partial charge in [-0.3, -0.25) is 0 Å². The van der Waals surface area contributed by atoms with Crippen LogP contribution in [0.2, 0.25) is 0 Å². The maximum absolute atomic E-state index is 12.3. The molecule has 5 heteroatoms. The van der Waals surface area contributed by atoms with Crippen molar-refractivity contribution in [2.24, 2.45) is 5.73 Å². The number of rotatable bonds is 2. The largest absolute Gasteiger partial charge is 0.573 e. The number of fused-ring (bicyclic) bond motifs is 1. The van der Waals surface area contributed by atoms with Gasteiger partial charge in [-0.25, -0.2) is 0 Å². The zero-order valence-corrected chi connectivity index (χ0v) is 11.2. The molecule has 0 saturated heterocycles. The molecule has 0 aliphatic heterocycles. The Balaban J connectivity index is 1.90. The molecule has 21 heavy (non-hydrogen) atoms. The minimum absolute atomic E-state index is 0.235. The molecule has 110 valence electrons. The Morgan fingerprint density at radius 1 is 0.952 bits per heavy atom. The third-order valence-electron chi connectivity index (χ3n) is 3.77. The van der Waals surface area contributed by atoms with Crippen molar-refractivity contribution in [3.05, 3.63) is 65.2 Å².